The summed E-state index contributed by atoms with van der Waals surface area (Å²) in [6.07, 6.45) is 6.18. The standard InChI is InChI=1S/C18H32N4O2/c1-13-8-6-7-9-18(13,12-19-16(23)24-17(3,4)5)20-10-15-11-21-22-14(15)2/h11,13,20H,6-10,12H2,1-5H3,(H,19,23)(H,21,22)/t13-,18-/m1/s1. The number of aromatic nitrogens is 2. The smallest absolute Gasteiger partial charge is 0.407 e. The van der Waals surface area contributed by atoms with Crippen LogP contribution in [-0.2, 0) is 11.3 Å². The number of carbonyl (C=O) groups excluding carboxylic acids is 1. The quantitative estimate of drug-likeness (QED) is 0.771. The zero-order valence-electron chi connectivity index (χ0n) is 15.7. The molecule has 1 amide bonds. The Kier molecular flexibility index (Phi) is 5.91. The molecule has 1 aromatic rings. The molecule has 6 heteroatoms. The van der Waals surface area contributed by atoms with E-state index in [9.17, 15) is 4.79 Å². The Labute approximate surface area is 145 Å². The van der Waals surface area contributed by atoms with Crippen molar-refractivity contribution in [2.24, 2.45) is 5.92 Å². The van der Waals surface area contributed by atoms with E-state index in [2.05, 4.69) is 27.8 Å². The summed E-state index contributed by atoms with van der Waals surface area (Å²) in [5, 5.41) is 13.8. The van der Waals surface area contributed by atoms with Gasteiger partial charge in [0.2, 0.25) is 0 Å². The van der Waals surface area contributed by atoms with Gasteiger partial charge in [0, 0.05) is 29.9 Å². The van der Waals surface area contributed by atoms with Gasteiger partial charge in [-0.1, -0.05) is 19.8 Å². The summed E-state index contributed by atoms with van der Waals surface area (Å²) < 4.78 is 5.39. The number of ether oxygens (including phenoxy) is 1. The number of aryl methyl sites for hydroxylation is 1. The third kappa shape index (κ3) is 4.97. The van der Waals surface area contributed by atoms with Crippen molar-refractivity contribution in [2.45, 2.75) is 78.0 Å². The monoisotopic (exact) mass is 336 g/mol. The molecule has 1 aliphatic rings. The highest BCUT2D eigenvalue weighted by Crippen LogP contribution is 2.33. The second kappa shape index (κ2) is 7.55. The van der Waals surface area contributed by atoms with Gasteiger partial charge >= 0.3 is 6.09 Å². The topological polar surface area (TPSA) is 79.0 Å². The Morgan fingerprint density at radius 2 is 2.21 bits per heavy atom. The van der Waals surface area contributed by atoms with E-state index in [-0.39, 0.29) is 11.6 Å². The van der Waals surface area contributed by atoms with Crippen molar-refractivity contribution in [3.63, 3.8) is 0 Å². The molecule has 1 saturated carbocycles. The van der Waals surface area contributed by atoms with Crippen molar-refractivity contribution in [1.29, 1.82) is 0 Å². The fraction of sp³-hybridized carbons (Fsp3) is 0.778. The number of aromatic amines is 1. The number of alkyl carbamates (subject to hydrolysis) is 1. The molecule has 1 fully saturated rings. The molecule has 0 bridgehead atoms. The predicted octanol–water partition coefficient (Wildman–Crippen LogP) is 3.28. The molecule has 24 heavy (non-hydrogen) atoms. The molecule has 0 aromatic carbocycles. The number of carbonyl (C=O) groups is 1. The summed E-state index contributed by atoms with van der Waals surface area (Å²) in [5.74, 6) is 0.494. The highest BCUT2D eigenvalue weighted by molar-refractivity contribution is 5.67. The van der Waals surface area contributed by atoms with Gasteiger partial charge in [-0.2, -0.15) is 5.10 Å². The number of amides is 1. The minimum absolute atomic E-state index is 0.0983. The van der Waals surface area contributed by atoms with Gasteiger partial charge in [0.05, 0.1) is 6.20 Å². The lowest BCUT2D eigenvalue weighted by Gasteiger charge is -2.44. The maximum atomic E-state index is 12.1. The van der Waals surface area contributed by atoms with E-state index >= 15 is 0 Å². The van der Waals surface area contributed by atoms with Gasteiger partial charge < -0.3 is 15.4 Å². The van der Waals surface area contributed by atoms with Crippen molar-refractivity contribution in [3.8, 4) is 0 Å². The number of hydrogen-bond donors (Lipinski definition) is 3. The summed E-state index contributed by atoms with van der Waals surface area (Å²) in [6.45, 7) is 11.3. The second-order valence-corrected chi connectivity index (χ2v) is 8.03. The fourth-order valence-electron chi connectivity index (χ4n) is 3.37. The molecular weight excluding hydrogens is 304 g/mol. The lowest BCUT2D eigenvalue weighted by Crippen LogP contribution is -2.58. The Morgan fingerprint density at radius 1 is 1.46 bits per heavy atom. The highest BCUT2D eigenvalue weighted by Gasteiger charge is 2.38. The lowest BCUT2D eigenvalue weighted by atomic mass is 9.73. The van der Waals surface area contributed by atoms with Gasteiger partial charge in [-0.3, -0.25) is 5.10 Å². The van der Waals surface area contributed by atoms with E-state index in [1.807, 2.05) is 33.9 Å². The van der Waals surface area contributed by atoms with Crippen molar-refractivity contribution >= 4 is 6.09 Å². The lowest BCUT2D eigenvalue weighted by molar-refractivity contribution is 0.0479. The van der Waals surface area contributed by atoms with Gasteiger partial charge in [0.1, 0.15) is 5.60 Å². The average molecular weight is 336 g/mol. The first-order valence-electron chi connectivity index (χ1n) is 8.92. The molecular formula is C18H32N4O2. The summed E-state index contributed by atoms with van der Waals surface area (Å²) in [6, 6.07) is 0. The number of hydrogen-bond acceptors (Lipinski definition) is 4. The number of H-pyrrole nitrogens is 1. The predicted molar refractivity (Wildman–Crippen MR) is 94.8 cm³/mol. The van der Waals surface area contributed by atoms with E-state index in [0.717, 1.165) is 18.7 Å². The molecule has 0 spiro atoms. The van der Waals surface area contributed by atoms with Gasteiger partial charge in [0.15, 0.2) is 0 Å². The molecule has 2 atom stereocenters. The minimum Gasteiger partial charge on any atom is -0.444 e. The Hall–Kier alpha value is -1.56. The molecule has 136 valence electrons. The van der Waals surface area contributed by atoms with Crippen LogP contribution in [0.2, 0.25) is 0 Å². The first-order chi connectivity index (χ1) is 11.2. The third-order valence-corrected chi connectivity index (χ3v) is 4.97. The molecule has 0 unspecified atom stereocenters. The Balaban J connectivity index is 2.01. The fourth-order valence-corrected chi connectivity index (χ4v) is 3.37. The molecule has 2 rings (SSSR count). The Morgan fingerprint density at radius 3 is 2.79 bits per heavy atom. The van der Waals surface area contributed by atoms with Crippen LogP contribution < -0.4 is 10.6 Å². The van der Waals surface area contributed by atoms with Gasteiger partial charge in [-0.25, -0.2) is 4.79 Å². The highest BCUT2D eigenvalue weighted by atomic mass is 16.6. The van der Waals surface area contributed by atoms with Crippen LogP contribution in [0.5, 0.6) is 0 Å². The van der Waals surface area contributed by atoms with Crippen molar-refractivity contribution in [1.82, 2.24) is 20.8 Å². The third-order valence-electron chi connectivity index (χ3n) is 4.97. The van der Waals surface area contributed by atoms with Crippen molar-refractivity contribution < 1.29 is 9.53 Å². The SMILES string of the molecule is Cc1[nH]ncc1CN[C@@]1(CNC(=O)OC(C)(C)C)CCCC[C@H]1C. The van der Waals surface area contributed by atoms with Crippen LogP contribution in [0.15, 0.2) is 6.20 Å². The molecule has 1 aromatic heterocycles. The van der Waals surface area contributed by atoms with E-state index in [1.165, 1.54) is 24.8 Å². The van der Waals surface area contributed by atoms with Crippen LogP contribution in [0.25, 0.3) is 0 Å². The maximum Gasteiger partial charge on any atom is 0.407 e. The van der Waals surface area contributed by atoms with E-state index in [4.69, 9.17) is 4.74 Å². The van der Waals surface area contributed by atoms with Crippen LogP contribution in [0, 0.1) is 12.8 Å². The number of nitrogens with zero attached hydrogens (tertiary/aromatic N) is 1. The van der Waals surface area contributed by atoms with E-state index < -0.39 is 5.60 Å². The number of nitrogens with one attached hydrogen (secondary N) is 3. The minimum atomic E-state index is -0.475. The first-order valence-corrected chi connectivity index (χ1v) is 8.92. The average Bonchev–Trinajstić information content (AvgIpc) is 2.89. The molecule has 0 saturated heterocycles. The van der Waals surface area contributed by atoms with Gasteiger partial charge in [-0.05, 0) is 46.5 Å². The zero-order chi connectivity index (χ0) is 17.8. The van der Waals surface area contributed by atoms with Crippen molar-refractivity contribution in [2.75, 3.05) is 6.54 Å². The Bertz CT molecular complexity index is 549. The van der Waals surface area contributed by atoms with Crippen molar-refractivity contribution in [3.05, 3.63) is 17.5 Å². The summed E-state index contributed by atoms with van der Waals surface area (Å²) in [5.41, 5.74) is 1.68. The summed E-state index contributed by atoms with van der Waals surface area (Å²) >= 11 is 0. The maximum absolute atomic E-state index is 12.1. The summed E-state index contributed by atoms with van der Waals surface area (Å²) in [4.78, 5) is 12.1. The van der Waals surface area contributed by atoms with Crippen LogP contribution in [0.3, 0.4) is 0 Å². The molecule has 1 aliphatic carbocycles. The van der Waals surface area contributed by atoms with E-state index in [0.29, 0.717) is 12.5 Å². The molecule has 3 N–H and O–H groups in total. The normalized spacial score (nSPS) is 24.6. The van der Waals surface area contributed by atoms with Crippen LogP contribution in [0.4, 0.5) is 4.79 Å². The molecule has 6 nitrogen and oxygen atoms in total. The molecule has 0 radical (unpaired) electrons. The van der Waals surface area contributed by atoms with Crippen LogP contribution in [-0.4, -0.2) is 34.0 Å². The van der Waals surface area contributed by atoms with E-state index in [1.54, 1.807) is 0 Å². The second-order valence-electron chi connectivity index (χ2n) is 8.03. The first kappa shape index (κ1) is 18.8. The summed E-state index contributed by atoms with van der Waals surface area (Å²) in [7, 11) is 0. The largest absolute Gasteiger partial charge is 0.444 e. The molecule has 0 aliphatic heterocycles. The van der Waals surface area contributed by atoms with Gasteiger partial charge in [0.25, 0.3) is 0 Å². The van der Waals surface area contributed by atoms with Gasteiger partial charge in [-0.15, -0.1) is 0 Å². The molecule has 1 heterocycles. The van der Waals surface area contributed by atoms with Crippen LogP contribution in [0.1, 0.15) is 64.6 Å². The number of rotatable bonds is 5. The van der Waals surface area contributed by atoms with Crippen LogP contribution >= 0.6 is 0 Å². The zero-order valence-corrected chi connectivity index (χ0v) is 15.7.